The number of hydrogen-bond acceptors (Lipinski definition) is 1. The van der Waals surface area contributed by atoms with Crippen LogP contribution >= 0.6 is 31.9 Å². The van der Waals surface area contributed by atoms with Crippen LogP contribution in [0.1, 0.15) is 5.56 Å². The molecule has 0 amide bonds. The Morgan fingerprint density at radius 1 is 1.38 bits per heavy atom. The van der Waals surface area contributed by atoms with E-state index in [0.717, 1.165) is 0 Å². The Balaban J connectivity index is 3.13. The monoisotopic (exact) mass is 308 g/mol. The largest absolute Gasteiger partial charge is 0.392 e. The molecule has 0 radical (unpaired) electrons. The van der Waals surface area contributed by atoms with Gasteiger partial charge in [-0.1, -0.05) is 44.0 Å². The molecule has 0 fully saturated rings. The average molecular weight is 310 g/mol. The summed E-state index contributed by atoms with van der Waals surface area (Å²) in [6.07, 6.45) is 3.02. The van der Waals surface area contributed by atoms with Crippen LogP contribution in [0.3, 0.4) is 0 Å². The van der Waals surface area contributed by atoms with E-state index in [0.29, 0.717) is 14.5 Å². The van der Waals surface area contributed by atoms with E-state index in [1.165, 1.54) is 18.2 Å². The Kier molecular flexibility index (Phi) is 4.09. The molecule has 70 valence electrons. The van der Waals surface area contributed by atoms with Crippen molar-refractivity contribution in [3.63, 3.8) is 0 Å². The maximum atomic E-state index is 13.2. The van der Waals surface area contributed by atoms with Gasteiger partial charge in [-0.2, -0.15) is 0 Å². The van der Waals surface area contributed by atoms with Crippen molar-refractivity contribution in [2.75, 3.05) is 6.61 Å². The topological polar surface area (TPSA) is 20.2 Å². The van der Waals surface area contributed by atoms with E-state index in [9.17, 15) is 4.39 Å². The summed E-state index contributed by atoms with van der Waals surface area (Å²) in [6, 6.07) is 3.13. The van der Waals surface area contributed by atoms with Gasteiger partial charge in [-0.25, -0.2) is 4.39 Å². The van der Waals surface area contributed by atoms with E-state index in [1.54, 1.807) is 6.07 Å². The zero-order valence-electron chi connectivity index (χ0n) is 6.60. The first-order chi connectivity index (χ1) is 6.15. The van der Waals surface area contributed by atoms with Crippen molar-refractivity contribution < 1.29 is 9.50 Å². The molecule has 13 heavy (non-hydrogen) atoms. The van der Waals surface area contributed by atoms with Gasteiger partial charge in [0.25, 0.3) is 0 Å². The van der Waals surface area contributed by atoms with Gasteiger partial charge in [0.2, 0.25) is 0 Å². The minimum Gasteiger partial charge on any atom is -0.392 e. The average Bonchev–Trinajstić information content (AvgIpc) is 2.02. The quantitative estimate of drug-likeness (QED) is 0.888. The van der Waals surface area contributed by atoms with Crippen LogP contribution < -0.4 is 0 Å². The molecule has 0 aliphatic rings. The summed E-state index contributed by atoms with van der Waals surface area (Å²) in [5.41, 5.74) is 0.442. The second-order valence-electron chi connectivity index (χ2n) is 2.37. The normalized spacial score (nSPS) is 11.1. The summed E-state index contributed by atoms with van der Waals surface area (Å²) in [7, 11) is 0. The highest BCUT2D eigenvalue weighted by molar-refractivity contribution is 9.11. The molecule has 0 unspecified atom stereocenters. The van der Waals surface area contributed by atoms with Crippen LogP contribution in [0.5, 0.6) is 0 Å². The first-order valence-corrected chi connectivity index (χ1v) is 5.15. The van der Waals surface area contributed by atoms with Crippen LogP contribution in [-0.4, -0.2) is 11.7 Å². The fraction of sp³-hybridized carbons (Fsp3) is 0.111. The van der Waals surface area contributed by atoms with Gasteiger partial charge < -0.3 is 5.11 Å². The predicted octanol–water partition coefficient (Wildman–Crippen LogP) is 3.36. The zero-order valence-corrected chi connectivity index (χ0v) is 9.77. The third-order valence-corrected chi connectivity index (χ3v) is 2.55. The number of hydrogen-bond donors (Lipinski definition) is 1. The standard InChI is InChI=1S/C9H7Br2FO/c10-6-4-8(11)7(2-1-3-13)9(12)5-6/h1-2,4-5,13H,3H2. The van der Waals surface area contributed by atoms with Gasteiger partial charge in [0.1, 0.15) is 5.82 Å². The molecule has 0 aromatic heterocycles. The first-order valence-electron chi connectivity index (χ1n) is 3.57. The van der Waals surface area contributed by atoms with Gasteiger partial charge in [0.05, 0.1) is 6.61 Å². The van der Waals surface area contributed by atoms with Crippen molar-refractivity contribution in [2.24, 2.45) is 0 Å². The zero-order chi connectivity index (χ0) is 9.84. The molecular weight excluding hydrogens is 303 g/mol. The smallest absolute Gasteiger partial charge is 0.132 e. The highest BCUT2D eigenvalue weighted by Crippen LogP contribution is 2.26. The predicted molar refractivity (Wildman–Crippen MR) is 57.9 cm³/mol. The minimum atomic E-state index is -0.328. The van der Waals surface area contributed by atoms with Crippen LogP contribution in [0.2, 0.25) is 0 Å². The maximum Gasteiger partial charge on any atom is 0.132 e. The summed E-state index contributed by atoms with van der Waals surface area (Å²) in [4.78, 5) is 0. The van der Waals surface area contributed by atoms with Gasteiger partial charge in [0.15, 0.2) is 0 Å². The van der Waals surface area contributed by atoms with E-state index >= 15 is 0 Å². The molecule has 0 heterocycles. The van der Waals surface area contributed by atoms with Gasteiger partial charge in [0, 0.05) is 14.5 Å². The lowest BCUT2D eigenvalue weighted by Gasteiger charge is -2.01. The molecule has 1 rings (SSSR count). The maximum absolute atomic E-state index is 13.2. The van der Waals surface area contributed by atoms with Crippen LogP contribution in [0, 0.1) is 5.82 Å². The Bertz CT molecular complexity index is 313. The van der Waals surface area contributed by atoms with E-state index in [2.05, 4.69) is 31.9 Å². The van der Waals surface area contributed by atoms with Gasteiger partial charge in [-0.05, 0) is 12.1 Å². The summed E-state index contributed by atoms with van der Waals surface area (Å²) < 4.78 is 14.6. The molecule has 1 N–H and O–H groups in total. The Morgan fingerprint density at radius 3 is 2.62 bits per heavy atom. The van der Waals surface area contributed by atoms with Crippen molar-refractivity contribution in [3.05, 3.63) is 38.5 Å². The first kappa shape index (κ1) is 10.9. The highest BCUT2D eigenvalue weighted by Gasteiger charge is 2.04. The highest BCUT2D eigenvalue weighted by atomic mass is 79.9. The lowest BCUT2D eigenvalue weighted by Crippen LogP contribution is -1.85. The van der Waals surface area contributed by atoms with E-state index in [4.69, 9.17) is 5.11 Å². The number of benzene rings is 1. The van der Waals surface area contributed by atoms with E-state index in [1.807, 2.05) is 0 Å². The Morgan fingerprint density at radius 2 is 2.08 bits per heavy atom. The number of halogens is 3. The van der Waals surface area contributed by atoms with Crippen LogP contribution in [-0.2, 0) is 0 Å². The summed E-state index contributed by atoms with van der Waals surface area (Å²) in [6.45, 7) is -0.0953. The third-order valence-electron chi connectivity index (χ3n) is 1.43. The van der Waals surface area contributed by atoms with Crippen molar-refractivity contribution in [1.29, 1.82) is 0 Å². The van der Waals surface area contributed by atoms with Crippen molar-refractivity contribution in [3.8, 4) is 0 Å². The summed E-state index contributed by atoms with van der Waals surface area (Å²) in [5.74, 6) is -0.328. The number of aliphatic hydroxyl groups is 1. The SMILES string of the molecule is OCC=Cc1c(F)cc(Br)cc1Br. The van der Waals surface area contributed by atoms with E-state index < -0.39 is 0 Å². The molecule has 0 saturated heterocycles. The molecule has 1 aromatic rings. The van der Waals surface area contributed by atoms with Crippen LogP contribution in [0.4, 0.5) is 4.39 Å². The molecule has 4 heteroatoms. The summed E-state index contributed by atoms with van der Waals surface area (Å²) in [5, 5.41) is 8.53. The van der Waals surface area contributed by atoms with Gasteiger partial charge in [-0.15, -0.1) is 0 Å². The second kappa shape index (κ2) is 4.88. The van der Waals surface area contributed by atoms with Crippen LogP contribution in [0.15, 0.2) is 27.2 Å². The fourth-order valence-corrected chi connectivity index (χ4v) is 2.19. The number of rotatable bonds is 2. The second-order valence-corrected chi connectivity index (χ2v) is 4.14. The lowest BCUT2D eigenvalue weighted by atomic mass is 10.2. The minimum absolute atomic E-state index is 0.0953. The van der Waals surface area contributed by atoms with Gasteiger partial charge in [-0.3, -0.25) is 0 Å². The third kappa shape index (κ3) is 2.90. The summed E-state index contributed by atoms with van der Waals surface area (Å²) >= 11 is 6.40. The molecule has 0 atom stereocenters. The molecule has 0 saturated carbocycles. The molecule has 1 nitrogen and oxygen atoms in total. The van der Waals surface area contributed by atoms with Crippen LogP contribution in [0.25, 0.3) is 6.08 Å². The van der Waals surface area contributed by atoms with Gasteiger partial charge >= 0.3 is 0 Å². The van der Waals surface area contributed by atoms with Crippen molar-refractivity contribution >= 4 is 37.9 Å². The lowest BCUT2D eigenvalue weighted by molar-refractivity contribution is 0.343. The molecule has 1 aromatic carbocycles. The molecule has 0 aliphatic carbocycles. The molecular formula is C9H7Br2FO. The van der Waals surface area contributed by atoms with E-state index in [-0.39, 0.29) is 12.4 Å². The Hall–Kier alpha value is -0.190. The Labute approximate surface area is 92.5 Å². The molecule has 0 bridgehead atoms. The van der Waals surface area contributed by atoms with Crippen molar-refractivity contribution in [1.82, 2.24) is 0 Å². The van der Waals surface area contributed by atoms with Crippen molar-refractivity contribution in [2.45, 2.75) is 0 Å². The molecule has 0 aliphatic heterocycles. The fourth-order valence-electron chi connectivity index (χ4n) is 0.883. The molecule has 0 spiro atoms. The number of aliphatic hydroxyl groups excluding tert-OH is 1.